The Morgan fingerprint density at radius 1 is 1.00 bits per heavy atom. The van der Waals surface area contributed by atoms with Crippen molar-refractivity contribution in [3.05, 3.63) is 92.0 Å². The molecule has 4 nitrogen and oxygen atoms in total. The second-order valence-corrected chi connectivity index (χ2v) is 8.61. The van der Waals surface area contributed by atoms with E-state index in [1.807, 2.05) is 65.4 Å². The highest BCUT2D eigenvalue weighted by molar-refractivity contribution is 7.10. The highest BCUT2D eigenvalue weighted by atomic mass is 32.1. The van der Waals surface area contributed by atoms with Crippen LogP contribution in [0.3, 0.4) is 0 Å². The largest absolute Gasteiger partial charge is 0.503 e. The van der Waals surface area contributed by atoms with Gasteiger partial charge in [0.15, 0.2) is 11.5 Å². The van der Waals surface area contributed by atoms with Gasteiger partial charge in [-0.15, -0.1) is 22.7 Å². The second kappa shape index (κ2) is 8.12. The van der Waals surface area contributed by atoms with Crippen LogP contribution < -0.4 is 0 Å². The van der Waals surface area contributed by atoms with Crippen molar-refractivity contribution >= 4 is 34.4 Å². The Balaban J connectivity index is 1.61. The highest BCUT2D eigenvalue weighted by Crippen LogP contribution is 2.41. The number of nitrogens with zero attached hydrogens (tertiary/aromatic N) is 1. The maximum absolute atomic E-state index is 13.0. The molecule has 4 rings (SSSR count). The number of aliphatic hydroxyl groups is 1. The molecule has 6 heteroatoms. The predicted molar refractivity (Wildman–Crippen MR) is 111 cm³/mol. The Morgan fingerprint density at radius 2 is 1.75 bits per heavy atom. The minimum absolute atomic E-state index is 0.179. The molecule has 0 aliphatic carbocycles. The Kier molecular flexibility index (Phi) is 5.41. The first-order valence-electron chi connectivity index (χ1n) is 9.02. The van der Waals surface area contributed by atoms with Gasteiger partial charge in [0.25, 0.3) is 5.91 Å². The second-order valence-electron chi connectivity index (χ2n) is 6.60. The summed E-state index contributed by atoms with van der Waals surface area (Å²) in [7, 11) is 0. The van der Waals surface area contributed by atoms with Gasteiger partial charge in [-0.25, -0.2) is 0 Å². The van der Waals surface area contributed by atoms with Crippen LogP contribution in [-0.2, 0) is 22.6 Å². The summed E-state index contributed by atoms with van der Waals surface area (Å²) in [6.07, 6.45) is 0.831. The molecule has 1 unspecified atom stereocenters. The first-order chi connectivity index (χ1) is 13.6. The highest BCUT2D eigenvalue weighted by Gasteiger charge is 2.43. The summed E-state index contributed by atoms with van der Waals surface area (Å²) in [5.41, 5.74) is 1.28. The quantitative estimate of drug-likeness (QED) is 0.603. The van der Waals surface area contributed by atoms with Gasteiger partial charge in [0.2, 0.25) is 0 Å². The number of rotatable bonds is 7. The number of carbonyl (C=O) groups excluding carboxylic acids is 2. The number of ketones is 1. The maximum atomic E-state index is 13.0. The van der Waals surface area contributed by atoms with E-state index in [2.05, 4.69) is 0 Å². The number of hydrogen-bond donors (Lipinski definition) is 1. The Morgan fingerprint density at radius 3 is 2.43 bits per heavy atom. The van der Waals surface area contributed by atoms with E-state index in [4.69, 9.17) is 0 Å². The van der Waals surface area contributed by atoms with Crippen molar-refractivity contribution in [3.8, 4) is 0 Å². The summed E-state index contributed by atoms with van der Waals surface area (Å²) in [4.78, 5) is 29.3. The fourth-order valence-electron chi connectivity index (χ4n) is 3.45. The number of thiophene rings is 2. The number of Topliss-reactive ketones (excluding diaryl/α,β-unsaturated/α-hetero) is 1. The summed E-state index contributed by atoms with van der Waals surface area (Å²) >= 11 is 3.04. The molecular formula is C22H19NO3S2. The fraction of sp³-hybridized carbons (Fsp3) is 0.182. The van der Waals surface area contributed by atoms with E-state index in [0.29, 0.717) is 13.0 Å². The van der Waals surface area contributed by atoms with E-state index in [1.54, 1.807) is 16.2 Å². The third-order valence-electron chi connectivity index (χ3n) is 4.81. The molecule has 0 bridgehead atoms. The van der Waals surface area contributed by atoms with Crippen LogP contribution in [0.4, 0.5) is 0 Å². The summed E-state index contributed by atoms with van der Waals surface area (Å²) < 4.78 is 0. The van der Waals surface area contributed by atoms with Gasteiger partial charge in [-0.05, 0) is 34.9 Å². The number of amides is 1. The molecule has 0 saturated heterocycles. The fourth-order valence-corrected chi connectivity index (χ4v) is 5.00. The van der Waals surface area contributed by atoms with Crippen LogP contribution in [0.5, 0.6) is 0 Å². The smallest absolute Gasteiger partial charge is 0.290 e. The van der Waals surface area contributed by atoms with Crippen LogP contribution in [-0.4, -0.2) is 21.7 Å². The molecule has 1 aromatic carbocycles. The molecule has 0 radical (unpaired) electrons. The zero-order chi connectivity index (χ0) is 19.5. The Hall–Kier alpha value is -2.70. The van der Waals surface area contributed by atoms with Crippen molar-refractivity contribution in [1.82, 2.24) is 4.90 Å². The molecular weight excluding hydrogens is 390 g/mol. The van der Waals surface area contributed by atoms with E-state index in [1.165, 1.54) is 11.3 Å². The van der Waals surface area contributed by atoms with Crippen LogP contribution >= 0.6 is 22.7 Å². The van der Waals surface area contributed by atoms with Gasteiger partial charge in [0, 0.05) is 16.2 Å². The molecule has 0 spiro atoms. The summed E-state index contributed by atoms with van der Waals surface area (Å²) in [5, 5.41) is 14.4. The van der Waals surface area contributed by atoms with Crippen molar-refractivity contribution in [3.63, 3.8) is 0 Å². The first-order valence-corrected chi connectivity index (χ1v) is 10.8. The minimum atomic E-state index is -0.530. The van der Waals surface area contributed by atoms with E-state index >= 15 is 0 Å². The van der Waals surface area contributed by atoms with Gasteiger partial charge in [0.05, 0.1) is 18.2 Å². The van der Waals surface area contributed by atoms with Crippen LogP contribution in [0.15, 0.2) is 76.7 Å². The lowest BCUT2D eigenvalue weighted by molar-refractivity contribution is -0.129. The number of aryl methyl sites for hydroxylation is 1. The van der Waals surface area contributed by atoms with E-state index in [-0.39, 0.29) is 17.8 Å². The Labute approximate surface area is 171 Å². The van der Waals surface area contributed by atoms with Crippen LogP contribution in [0, 0.1) is 0 Å². The van der Waals surface area contributed by atoms with Crippen molar-refractivity contribution in [2.24, 2.45) is 0 Å². The van der Waals surface area contributed by atoms with Crippen molar-refractivity contribution in [1.29, 1.82) is 0 Å². The number of aliphatic hydroxyl groups excluding tert-OH is 1. The third-order valence-corrected chi connectivity index (χ3v) is 6.59. The average Bonchev–Trinajstić information content (AvgIpc) is 3.46. The molecule has 1 amide bonds. The Bertz CT molecular complexity index is 992. The number of carbonyl (C=O) groups is 2. The summed E-state index contributed by atoms with van der Waals surface area (Å²) in [6.45, 7) is 0.374. The molecule has 0 fully saturated rings. The van der Waals surface area contributed by atoms with Gasteiger partial charge in [-0.3, -0.25) is 9.59 Å². The lowest BCUT2D eigenvalue weighted by Gasteiger charge is -2.25. The minimum Gasteiger partial charge on any atom is -0.503 e. The average molecular weight is 410 g/mol. The maximum Gasteiger partial charge on any atom is 0.290 e. The molecule has 0 saturated carbocycles. The molecule has 3 aromatic rings. The molecule has 1 N–H and O–H groups in total. The molecule has 28 heavy (non-hydrogen) atoms. The van der Waals surface area contributed by atoms with E-state index in [9.17, 15) is 14.7 Å². The monoisotopic (exact) mass is 409 g/mol. The number of benzene rings is 1. The zero-order valence-corrected chi connectivity index (χ0v) is 16.7. The summed E-state index contributed by atoms with van der Waals surface area (Å²) in [5.74, 6) is -1.07. The standard InChI is InChI=1S/C22H19NO3S2/c24-17(11-10-15-6-2-1-3-7-15)19-20(18-9-5-13-28-18)23(22(26)21(19)25)14-16-8-4-12-27-16/h1-9,12-13,20,25H,10-11,14H2. The SMILES string of the molecule is O=C(CCc1ccccc1)C1=C(O)C(=O)N(Cc2cccs2)C1c1cccs1. The van der Waals surface area contributed by atoms with Crippen LogP contribution in [0.1, 0.15) is 27.8 Å². The van der Waals surface area contributed by atoms with Crippen LogP contribution in [0.2, 0.25) is 0 Å². The lowest BCUT2D eigenvalue weighted by atomic mass is 9.97. The van der Waals surface area contributed by atoms with Crippen molar-refractivity contribution in [2.75, 3.05) is 0 Å². The van der Waals surface area contributed by atoms with Gasteiger partial charge < -0.3 is 10.0 Å². The van der Waals surface area contributed by atoms with E-state index in [0.717, 1.165) is 15.3 Å². The molecule has 3 heterocycles. The predicted octanol–water partition coefficient (Wildman–Crippen LogP) is 4.91. The molecule has 1 aliphatic rings. The van der Waals surface area contributed by atoms with Crippen molar-refractivity contribution in [2.45, 2.75) is 25.4 Å². The third kappa shape index (κ3) is 3.66. The topological polar surface area (TPSA) is 57.6 Å². The normalized spacial score (nSPS) is 16.8. The van der Waals surface area contributed by atoms with Gasteiger partial charge in [-0.1, -0.05) is 42.5 Å². The summed E-state index contributed by atoms with van der Waals surface area (Å²) in [6, 6.07) is 16.9. The molecule has 1 aliphatic heterocycles. The molecule has 1 atom stereocenters. The molecule has 142 valence electrons. The van der Waals surface area contributed by atoms with Crippen LogP contribution in [0.25, 0.3) is 0 Å². The van der Waals surface area contributed by atoms with Crippen molar-refractivity contribution < 1.29 is 14.7 Å². The first kappa shape index (κ1) is 18.7. The van der Waals surface area contributed by atoms with Gasteiger partial charge >= 0.3 is 0 Å². The number of hydrogen-bond acceptors (Lipinski definition) is 5. The van der Waals surface area contributed by atoms with Gasteiger partial charge in [-0.2, -0.15) is 0 Å². The zero-order valence-electron chi connectivity index (χ0n) is 15.1. The van der Waals surface area contributed by atoms with Gasteiger partial charge in [0.1, 0.15) is 0 Å². The van der Waals surface area contributed by atoms with E-state index < -0.39 is 17.7 Å². The lowest BCUT2D eigenvalue weighted by Crippen LogP contribution is -2.30. The molecule has 2 aromatic heterocycles.